The highest BCUT2D eigenvalue weighted by atomic mass is 32.2. The zero-order valence-corrected chi connectivity index (χ0v) is 13.1. The number of rotatable bonds is 2. The molecule has 0 saturated heterocycles. The van der Waals surface area contributed by atoms with Gasteiger partial charge >= 0.3 is 0 Å². The van der Waals surface area contributed by atoms with Crippen LogP contribution >= 0.6 is 11.8 Å². The molecule has 0 amide bonds. The van der Waals surface area contributed by atoms with Crippen molar-refractivity contribution in [1.82, 2.24) is 9.55 Å². The van der Waals surface area contributed by atoms with Crippen LogP contribution in [0.1, 0.15) is 11.1 Å². The Morgan fingerprint density at radius 3 is 2.38 bits per heavy atom. The summed E-state index contributed by atoms with van der Waals surface area (Å²) >= 11 is 1.48. The van der Waals surface area contributed by atoms with Crippen molar-refractivity contribution in [2.75, 3.05) is 6.26 Å². The van der Waals surface area contributed by atoms with Gasteiger partial charge in [0.2, 0.25) is 0 Å². The van der Waals surface area contributed by atoms with Gasteiger partial charge in [-0.3, -0.25) is 9.36 Å². The van der Waals surface area contributed by atoms with Crippen LogP contribution in [0, 0.1) is 13.8 Å². The van der Waals surface area contributed by atoms with Gasteiger partial charge in [0.1, 0.15) is 0 Å². The molecule has 3 nitrogen and oxygen atoms in total. The predicted octanol–water partition coefficient (Wildman–Crippen LogP) is 3.72. The molecule has 0 atom stereocenters. The summed E-state index contributed by atoms with van der Waals surface area (Å²) in [6.45, 7) is 4.07. The summed E-state index contributed by atoms with van der Waals surface area (Å²) in [5.41, 5.74) is 3.87. The number of hydrogen-bond donors (Lipinski definition) is 0. The highest BCUT2D eigenvalue weighted by molar-refractivity contribution is 7.98. The molecule has 4 heteroatoms. The van der Waals surface area contributed by atoms with E-state index >= 15 is 0 Å². The van der Waals surface area contributed by atoms with Gasteiger partial charge in [-0.25, -0.2) is 4.98 Å². The quantitative estimate of drug-likeness (QED) is 0.534. The highest BCUT2D eigenvalue weighted by Crippen LogP contribution is 2.20. The van der Waals surface area contributed by atoms with Crippen molar-refractivity contribution in [3.05, 3.63) is 63.9 Å². The van der Waals surface area contributed by atoms with E-state index in [1.54, 1.807) is 4.57 Å². The highest BCUT2D eigenvalue weighted by Gasteiger charge is 2.12. The zero-order chi connectivity index (χ0) is 15.0. The Balaban J connectivity index is 2.40. The fraction of sp³-hybridized carbons (Fsp3) is 0.176. The molecule has 2 aromatic carbocycles. The van der Waals surface area contributed by atoms with E-state index in [4.69, 9.17) is 0 Å². The molecule has 21 heavy (non-hydrogen) atoms. The molecule has 1 heterocycles. The lowest BCUT2D eigenvalue weighted by Gasteiger charge is -2.13. The molecule has 0 unspecified atom stereocenters. The van der Waals surface area contributed by atoms with Gasteiger partial charge in [-0.2, -0.15) is 0 Å². The van der Waals surface area contributed by atoms with Gasteiger partial charge in [-0.05, 0) is 55.5 Å². The van der Waals surface area contributed by atoms with Crippen LogP contribution in [0.15, 0.2) is 52.4 Å². The fourth-order valence-corrected chi connectivity index (χ4v) is 3.12. The van der Waals surface area contributed by atoms with Gasteiger partial charge in [0.15, 0.2) is 5.16 Å². The molecule has 0 fully saturated rings. The van der Waals surface area contributed by atoms with E-state index in [9.17, 15) is 4.79 Å². The smallest absolute Gasteiger partial charge is 0.266 e. The Labute approximate surface area is 127 Å². The first-order chi connectivity index (χ1) is 10.1. The lowest BCUT2D eigenvalue weighted by atomic mass is 10.1. The second-order valence-corrected chi connectivity index (χ2v) is 5.88. The van der Waals surface area contributed by atoms with Crippen LogP contribution in [0.25, 0.3) is 16.6 Å². The third kappa shape index (κ3) is 2.47. The number of aryl methyl sites for hydroxylation is 2. The van der Waals surface area contributed by atoms with E-state index in [1.807, 2.05) is 56.5 Å². The first kappa shape index (κ1) is 13.9. The molecule has 1 aromatic heterocycles. The van der Waals surface area contributed by atoms with Crippen LogP contribution in [0.5, 0.6) is 0 Å². The monoisotopic (exact) mass is 296 g/mol. The molecule has 0 aliphatic rings. The molecule has 0 bridgehead atoms. The predicted molar refractivity (Wildman–Crippen MR) is 88.6 cm³/mol. The third-order valence-electron chi connectivity index (χ3n) is 3.39. The minimum atomic E-state index is -0.0186. The Bertz CT molecular complexity index is 863. The summed E-state index contributed by atoms with van der Waals surface area (Å²) in [4.78, 5) is 17.5. The second kappa shape index (κ2) is 5.37. The minimum absolute atomic E-state index is 0.0186. The van der Waals surface area contributed by atoms with Gasteiger partial charge < -0.3 is 0 Å². The first-order valence-electron chi connectivity index (χ1n) is 6.74. The number of benzene rings is 2. The largest absolute Gasteiger partial charge is 0.268 e. The lowest BCUT2D eigenvalue weighted by molar-refractivity contribution is 0.820. The van der Waals surface area contributed by atoms with Gasteiger partial charge in [0.05, 0.1) is 16.6 Å². The molecule has 0 spiro atoms. The van der Waals surface area contributed by atoms with E-state index in [2.05, 4.69) is 11.1 Å². The maximum atomic E-state index is 12.8. The topological polar surface area (TPSA) is 34.9 Å². The standard InChI is InChI=1S/C17H16N2OS/c1-11-8-12(2)10-13(9-11)19-16(20)14-6-4-5-7-15(14)18-17(19)21-3/h4-10H,1-3H3. The van der Waals surface area contributed by atoms with Crippen LogP contribution in [0.4, 0.5) is 0 Å². The summed E-state index contributed by atoms with van der Waals surface area (Å²) < 4.78 is 1.70. The molecule has 0 aliphatic heterocycles. The number of thioether (sulfide) groups is 1. The zero-order valence-electron chi connectivity index (χ0n) is 12.3. The minimum Gasteiger partial charge on any atom is -0.268 e. The average Bonchev–Trinajstić information content (AvgIpc) is 2.46. The third-order valence-corrected chi connectivity index (χ3v) is 4.03. The summed E-state index contributed by atoms with van der Waals surface area (Å²) in [6.07, 6.45) is 1.94. The van der Waals surface area contributed by atoms with Crippen LogP contribution < -0.4 is 5.56 Å². The van der Waals surface area contributed by atoms with Crippen molar-refractivity contribution in [3.63, 3.8) is 0 Å². The molecule has 3 aromatic rings. The number of para-hydroxylation sites is 1. The molecule has 0 saturated carbocycles. The molecule has 106 valence electrons. The van der Waals surface area contributed by atoms with Gasteiger partial charge in [-0.1, -0.05) is 30.0 Å². The van der Waals surface area contributed by atoms with Crippen LogP contribution in [-0.2, 0) is 0 Å². The molecule has 0 aliphatic carbocycles. The van der Waals surface area contributed by atoms with Crippen molar-refractivity contribution < 1.29 is 0 Å². The van der Waals surface area contributed by atoms with E-state index in [0.29, 0.717) is 10.5 Å². The number of nitrogens with zero attached hydrogens (tertiary/aromatic N) is 2. The van der Waals surface area contributed by atoms with Gasteiger partial charge in [-0.15, -0.1) is 0 Å². The number of hydrogen-bond acceptors (Lipinski definition) is 3. The molecular weight excluding hydrogens is 280 g/mol. The normalized spacial score (nSPS) is 11.0. The van der Waals surface area contributed by atoms with Crippen molar-refractivity contribution in [1.29, 1.82) is 0 Å². The molecular formula is C17H16N2OS. The fourth-order valence-electron chi connectivity index (χ4n) is 2.56. The Hall–Kier alpha value is -2.07. The Kier molecular flexibility index (Phi) is 3.55. The summed E-state index contributed by atoms with van der Waals surface area (Å²) in [7, 11) is 0. The number of fused-ring (bicyclic) bond motifs is 1. The maximum Gasteiger partial charge on any atom is 0.266 e. The summed E-state index contributed by atoms with van der Waals surface area (Å²) in [5.74, 6) is 0. The first-order valence-corrected chi connectivity index (χ1v) is 7.97. The SMILES string of the molecule is CSc1nc2ccccc2c(=O)n1-c1cc(C)cc(C)c1. The van der Waals surface area contributed by atoms with Crippen LogP contribution in [0.2, 0.25) is 0 Å². The van der Waals surface area contributed by atoms with Crippen LogP contribution in [0.3, 0.4) is 0 Å². The number of aromatic nitrogens is 2. The Morgan fingerprint density at radius 1 is 1.05 bits per heavy atom. The maximum absolute atomic E-state index is 12.8. The van der Waals surface area contributed by atoms with Crippen molar-refractivity contribution in [3.8, 4) is 5.69 Å². The summed E-state index contributed by atoms with van der Waals surface area (Å²) in [5, 5.41) is 1.36. The van der Waals surface area contributed by atoms with E-state index in [1.165, 1.54) is 11.8 Å². The van der Waals surface area contributed by atoms with E-state index < -0.39 is 0 Å². The van der Waals surface area contributed by atoms with Crippen molar-refractivity contribution in [2.24, 2.45) is 0 Å². The van der Waals surface area contributed by atoms with Crippen LogP contribution in [-0.4, -0.2) is 15.8 Å². The average molecular weight is 296 g/mol. The van der Waals surface area contributed by atoms with E-state index in [0.717, 1.165) is 22.3 Å². The van der Waals surface area contributed by atoms with Crippen molar-refractivity contribution in [2.45, 2.75) is 19.0 Å². The molecule has 0 radical (unpaired) electrons. The summed E-state index contributed by atoms with van der Waals surface area (Å²) in [6, 6.07) is 13.6. The van der Waals surface area contributed by atoms with Crippen molar-refractivity contribution >= 4 is 22.7 Å². The second-order valence-electron chi connectivity index (χ2n) is 5.10. The molecule has 3 rings (SSSR count). The van der Waals surface area contributed by atoms with E-state index in [-0.39, 0.29) is 5.56 Å². The Morgan fingerprint density at radius 2 is 1.71 bits per heavy atom. The lowest BCUT2D eigenvalue weighted by Crippen LogP contribution is -2.21. The van der Waals surface area contributed by atoms with Gasteiger partial charge in [0, 0.05) is 0 Å². The van der Waals surface area contributed by atoms with Gasteiger partial charge in [0.25, 0.3) is 5.56 Å². The molecule has 0 N–H and O–H groups in total.